The highest BCUT2D eigenvalue weighted by Crippen LogP contribution is 2.32. The summed E-state index contributed by atoms with van der Waals surface area (Å²) in [5.74, 6) is 0.921. The molecule has 110 valence electrons. The number of nitrogens with two attached hydrogens (primary N) is 1. The van der Waals surface area contributed by atoms with Gasteiger partial charge in [-0.2, -0.15) is 0 Å². The Bertz CT molecular complexity index is 482. The van der Waals surface area contributed by atoms with E-state index in [1.165, 1.54) is 25.7 Å². The number of nitrogens with zero attached hydrogens (tertiary/aromatic N) is 2. The van der Waals surface area contributed by atoms with E-state index in [9.17, 15) is 0 Å². The Morgan fingerprint density at radius 1 is 1.45 bits per heavy atom. The Balaban J connectivity index is 2.44. The van der Waals surface area contributed by atoms with Gasteiger partial charge >= 0.3 is 0 Å². The second kappa shape index (κ2) is 6.50. The maximum absolute atomic E-state index is 8.97. The van der Waals surface area contributed by atoms with Crippen molar-refractivity contribution in [1.29, 1.82) is 0 Å². The molecule has 0 radical (unpaired) electrons. The third-order valence-electron chi connectivity index (χ3n) is 4.00. The van der Waals surface area contributed by atoms with Crippen molar-refractivity contribution in [3.8, 4) is 5.75 Å². The summed E-state index contributed by atoms with van der Waals surface area (Å²) in [5, 5.41) is 12.1. The van der Waals surface area contributed by atoms with Gasteiger partial charge in [-0.05, 0) is 31.9 Å². The van der Waals surface area contributed by atoms with Gasteiger partial charge < -0.3 is 20.6 Å². The van der Waals surface area contributed by atoms with Gasteiger partial charge in [0, 0.05) is 24.2 Å². The number of anilines is 1. The van der Waals surface area contributed by atoms with Crippen molar-refractivity contribution in [2.75, 3.05) is 18.6 Å². The number of hydrogen-bond donors (Lipinski definition) is 2. The Labute approximate surface area is 120 Å². The minimum absolute atomic E-state index is 0.138. The van der Waals surface area contributed by atoms with E-state index in [4.69, 9.17) is 15.7 Å². The predicted octanol–water partition coefficient (Wildman–Crippen LogP) is 2.56. The zero-order valence-electron chi connectivity index (χ0n) is 12.2. The van der Waals surface area contributed by atoms with Crippen LogP contribution in [0, 0.1) is 0 Å². The largest absolute Gasteiger partial charge is 0.497 e. The van der Waals surface area contributed by atoms with Crippen LogP contribution in [-0.4, -0.2) is 30.7 Å². The third-order valence-corrected chi connectivity index (χ3v) is 4.00. The SMILES string of the molecule is CCN(c1cc(OC)ccc1/C(N)=N/O)C1CCCC1. The molecule has 2 rings (SSSR count). The quantitative estimate of drug-likeness (QED) is 0.375. The van der Waals surface area contributed by atoms with Gasteiger partial charge in [-0.3, -0.25) is 0 Å². The van der Waals surface area contributed by atoms with Crippen LogP contribution in [0.25, 0.3) is 0 Å². The van der Waals surface area contributed by atoms with Crippen molar-refractivity contribution < 1.29 is 9.94 Å². The lowest BCUT2D eigenvalue weighted by molar-refractivity contribution is 0.318. The fourth-order valence-corrected chi connectivity index (χ4v) is 2.99. The normalized spacial score (nSPS) is 16.4. The van der Waals surface area contributed by atoms with Gasteiger partial charge in [0.25, 0.3) is 0 Å². The summed E-state index contributed by atoms with van der Waals surface area (Å²) in [6.45, 7) is 3.03. The van der Waals surface area contributed by atoms with Crippen molar-refractivity contribution in [2.45, 2.75) is 38.6 Å². The summed E-state index contributed by atoms with van der Waals surface area (Å²) in [6, 6.07) is 6.17. The van der Waals surface area contributed by atoms with E-state index < -0.39 is 0 Å². The minimum atomic E-state index is 0.138. The molecule has 1 fully saturated rings. The molecule has 1 aliphatic rings. The second-order valence-electron chi connectivity index (χ2n) is 5.09. The monoisotopic (exact) mass is 277 g/mol. The predicted molar refractivity (Wildman–Crippen MR) is 80.8 cm³/mol. The van der Waals surface area contributed by atoms with Crippen LogP contribution in [0.3, 0.4) is 0 Å². The van der Waals surface area contributed by atoms with Gasteiger partial charge in [0.2, 0.25) is 0 Å². The fourth-order valence-electron chi connectivity index (χ4n) is 2.99. The molecule has 5 nitrogen and oxygen atoms in total. The summed E-state index contributed by atoms with van der Waals surface area (Å²) in [4.78, 5) is 2.34. The van der Waals surface area contributed by atoms with Crippen LogP contribution in [-0.2, 0) is 0 Å². The molecular formula is C15H23N3O2. The first-order valence-electron chi connectivity index (χ1n) is 7.13. The van der Waals surface area contributed by atoms with Gasteiger partial charge in [-0.1, -0.05) is 18.0 Å². The maximum Gasteiger partial charge on any atom is 0.172 e. The number of oxime groups is 1. The molecule has 0 aliphatic heterocycles. The van der Waals surface area contributed by atoms with E-state index >= 15 is 0 Å². The Hall–Kier alpha value is -1.91. The molecule has 0 saturated heterocycles. The fraction of sp³-hybridized carbons (Fsp3) is 0.533. The van der Waals surface area contributed by atoms with Crippen molar-refractivity contribution >= 4 is 11.5 Å². The van der Waals surface area contributed by atoms with Crippen LogP contribution in [0.5, 0.6) is 5.75 Å². The first kappa shape index (κ1) is 14.5. The van der Waals surface area contributed by atoms with Gasteiger partial charge in [-0.15, -0.1) is 0 Å². The van der Waals surface area contributed by atoms with E-state index in [1.54, 1.807) is 7.11 Å². The lowest BCUT2D eigenvalue weighted by Gasteiger charge is -2.31. The number of rotatable bonds is 5. The van der Waals surface area contributed by atoms with E-state index in [1.807, 2.05) is 18.2 Å². The molecule has 1 aromatic carbocycles. The summed E-state index contributed by atoms with van der Waals surface area (Å²) in [7, 11) is 1.65. The van der Waals surface area contributed by atoms with Crippen molar-refractivity contribution in [3.05, 3.63) is 23.8 Å². The molecule has 1 aliphatic carbocycles. The summed E-state index contributed by atoms with van der Waals surface area (Å²) < 4.78 is 5.31. The Morgan fingerprint density at radius 2 is 2.15 bits per heavy atom. The summed E-state index contributed by atoms with van der Waals surface area (Å²) in [6.07, 6.45) is 4.93. The first-order chi connectivity index (χ1) is 9.71. The van der Waals surface area contributed by atoms with Crippen molar-refractivity contribution in [2.24, 2.45) is 10.9 Å². The van der Waals surface area contributed by atoms with Crippen LogP contribution in [0.4, 0.5) is 5.69 Å². The molecule has 0 unspecified atom stereocenters. The molecule has 0 heterocycles. The zero-order chi connectivity index (χ0) is 14.5. The van der Waals surface area contributed by atoms with Crippen LogP contribution >= 0.6 is 0 Å². The average molecular weight is 277 g/mol. The lowest BCUT2D eigenvalue weighted by Crippen LogP contribution is -2.34. The van der Waals surface area contributed by atoms with Gasteiger partial charge in [-0.25, -0.2) is 0 Å². The molecular weight excluding hydrogens is 254 g/mol. The van der Waals surface area contributed by atoms with Crippen LogP contribution in [0.15, 0.2) is 23.4 Å². The van der Waals surface area contributed by atoms with Gasteiger partial charge in [0.05, 0.1) is 12.8 Å². The second-order valence-corrected chi connectivity index (χ2v) is 5.09. The van der Waals surface area contributed by atoms with Crippen LogP contribution in [0.2, 0.25) is 0 Å². The highest BCUT2D eigenvalue weighted by atomic mass is 16.5. The van der Waals surface area contributed by atoms with E-state index in [0.29, 0.717) is 6.04 Å². The van der Waals surface area contributed by atoms with Crippen molar-refractivity contribution in [1.82, 2.24) is 0 Å². The molecule has 0 spiro atoms. The molecule has 1 saturated carbocycles. The highest BCUT2D eigenvalue weighted by Gasteiger charge is 2.24. The molecule has 0 aromatic heterocycles. The zero-order valence-corrected chi connectivity index (χ0v) is 12.2. The molecule has 0 amide bonds. The molecule has 3 N–H and O–H groups in total. The van der Waals surface area contributed by atoms with Gasteiger partial charge in [0.1, 0.15) is 5.75 Å². The topological polar surface area (TPSA) is 71.1 Å². The number of methoxy groups -OCH3 is 1. The molecule has 20 heavy (non-hydrogen) atoms. The Kier molecular flexibility index (Phi) is 4.71. The number of hydrogen-bond acceptors (Lipinski definition) is 4. The van der Waals surface area contributed by atoms with Crippen LogP contribution < -0.4 is 15.4 Å². The average Bonchev–Trinajstić information content (AvgIpc) is 3.01. The van der Waals surface area contributed by atoms with Crippen LogP contribution in [0.1, 0.15) is 38.2 Å². The first-order valence-corrected chi connectivity index (χ1v) is 7.13. The van der Waals surface area contributed by atoms with Gasteiger partial charge in [0.15, 0.2) is 5.84 Å². The summed E-state index contributed by atoms with van der Waals surface area (Å²) >= 11 is 0. The number of amidine groups is 1. The highest BCUT2D eigenvalue weighted by molar-refractivity contribution is 6.02. The Morgan fingerprint density at radius 3 is 2.70 bits per heavy atom. The smallest absolute Gasteiger partial charge is 0.172 e. The minimum Gasteiger partial charge on any atom is -0.497 e. The number of ether oxygens (including phenoxy) is 1. The maximum atomic E-state index is 8.97. The van der Waals surface area contributed by atoms with Crippen molar-refractivity contribution in [3.63, 3.8) is 0 Å². The van der Waals surface area contributed by atoms with E-state index in [2.05, 4.69) is 17.0 Å². The standard InChI is InChI=1S/C15H23N3O2/c1-3-18(11-6-4-5-7-11)14-10-12(20-2)8-9-13(14)15(16)17-19/h8-11,19H,3-7H2,1-2H3,(H2,16,17). The summed E-state index contributed by atoms with van der Waals surface area (Å²) in [5.41, 5.74) is 7.54. The van der Waals surface area contributed by atoms with E-state index in [0.717, 1.165) is 23.5 Å². The number of benzene rings is 1. The lowest BCUT2D eigenvalue weighted by atomic mass is 10.1. The molecule has 1 aromatic rings. The molecule has 5 heteroatoms. The molecule has 0 bridgehead atoms. The molecule has 0 atom stereocenters. The third kappa shape index (κ3) is 2.81. The van der Waals surface area contributed by atoms with E-state index in [-0.39, 0.29) is 5.84 Å².